The molecule has 0 aliphatic carbocycles. The first-order valence-corrected chi connectivity index (χ1v) is 6.92. The number of nitrogens with zero attached hydrogens (tertiary/aromatic N) is 2. The third-order valence-corrected chi connectivity index (χ3v) is 3.86. The Morgan fingerprint density at radius 1 is 1.40 bits per heavy atom. The highest BCUT2D eigenvalue weighted by atomic mass is 16.3. The van der Waals surface area contributed by atoms with Crippen molar-refractivity contribution in [2.24, 2.45) is 0 Å². The number of nitrogens with one attached hydrogen (secondary N) is 1. The highest BCUT2D eigenvalue weighted by Crippen LogP contribution is 2.24. The van der Waals surface area contributed by atoms with Crippen molar-refractivity contribution in [3.8, 4) is 0 Å². The second kappa shape index (κ2) is 5.54. The Hall–Kier alpha value is -2.01. The lowest BCUT2D eigenvalue weighted by molar-refractivity contribution is -0.123. The van der Waals surface area contributed by atoms with Gasteiger partial charge in [0.05, 0.1) is 19.4 Å². The number of hydrogen-bond acceptors (Lipinski definition) is 3. The fraction of sp³-hybridized carbons (Fsp3) is 0.400. The molecule has 0 unspecified atom stereocenters. The van der Waals surface area contributed by atoms with E-state index < -0.39 is 0 Å². The van der Waals surface area contributed by atoms with Crippen LogP contribution in [0, 0.1) is 0 Å². The zero-order valence-corrected chi connectivity index (χ0v) is 11.6. The maximum absolute atomic E-state index is 12.0. The molecule has 1 aliphatic heterocycles. The molecule has 0 spiro atoms. The summed E-state index contributed by atoms with van der Waals surface area (Å²) in [5.41, 5.74) is 1.27. The SMILES string of the molecule is C[C@H]1c2cccn2CCN1CC(=O)NCc1ccco1. The first-order chi connectivity index (χ1) is 9.74. The molecule has 0 aromatic carbocycles. The van der Waals surface area contributed by atoms with Crippen LogP contribution in [0.5, 0.6) is 0 Å². The number of rotatable bonds is 4. The van der Waals surface area contributed by atoms with E-state index in [1.165, 1.54) is 5.69 Å². The minimum absolute atomic E-state index is 0.0354. The van der Waals surface area contributed by atoms with Gasteiger partial charge in [0.1, 0.15) is 5.76 Å². The van der Waals surface area contributed by atoms with Gasteiger partial charge in [0.15, 0.2) is 0 Å². The predicted octanol–water partition coefficient (Wildman–Crippen LogP) is 1.77. The number of hydrogen-bond donors (Lipinski definition) is 1. The highest BCUT2D eigenvalue weighted by molar-refractivity contribution is 5.78. The average Bonchev–Trinajstić information content (AvgIpc) is 3.10. The molecule has 3 rings (SSSR count). The summed E-state index contributed by atoms with van der Waals surface area (Å²) in [5.74, 6) is 0.812. The average molecular weight is 273 g/mol. The van der Waals surface area contributed by atoms with Crippen LogP contribution in [0.15, 0.2) is 41.1 Å². The number of furan rings is 1. The molecule has 0 bridgehead atoms. The van der Waals surface area contributed by atoms with Crippen molar-refractivity contribution in [3.63, 3.8) is 0 Å². The molecule has 0 saturated heterocycles. The zero-order chi connectivity index (χ0) is 13.9. The van der Waals surface area contributed by atoms with Crippen molar-refractivity contribution in [1.29, 1.82) is 0 Å². The van der Waals surface area contributed by atoms with E-state index in [0.29, 0.717) is 13.1 Å². The number of amides is 1. The highest BCUT2D eigenvalue weighted by Gasteiger charge is 2.24. The van der Waals surface area contributed by atoms with Crippen LogP contribution >= 0.6 is 0 Å². The molecule has 0 radical (unpaired) electrons. The van der Waals surface area contributed by atoms with Gasteiger partial charge in [-0.1, -0.05) is 0 Å². The number of carbonyl (C=O) groups is 1. The molecule has 1 amide bonds. The summed E-state index contributed by atoms with van der Waals surface area (Å²) in [7, 11) is 0. The standard InChI is InChI=1S/C15H19N3O2/c1-12-14-5-2-6-17(14)7-8-18(12)11-15(19)16-10-13-4-3-9-20-13/h2-6,9,12H,7-8,10-11H2,1H3,(H,16,19)/t12-/m0/s1. The summed E-state index contributed by atoms with van der Waals surface area (Å²) in [6, 6.07) is 8.14. The minimum atomic E-state index is 0.0354. The summed E-state index contributed by atoms with van der Waals surface area (Å²) in [5, 5.41) is 2.89. The Kier molecular flexibility index (Phi) is 3.60. The van der Waals surface area contributed by atoms with Gasteiger partial charge >= 0.3 is 0 Å². The van der Waals surface area contributed by atoms with Crippen LogP contribution in [0.1, 0.15) is 24.4 Å². The van der Waals surface area contributed by atoms with Crippen molar-refractivity contribution in [1.82, 2.24) is 14.8 Å². The lowest BCUT2D eigenvalue weighted by Crippen LogP contribution is -2.42. The van der Waals surface area contributed by atoms with E-state index in [2.05, 4.69) is 40.0 Å². The monoisotopic (exact) mass is 273 g/mol. The van der Waals surface area contributed by atoms with Crippen LogP contribution in [0.25, 0.3) is 0 Å². The van der Waals surface area contributed by atoms with Crippen LogP contribution in [-0.2, 0) is 17.9 Å². The van der Waals surface area contributed by atoms with Gasteiger partial charge in [0.2, 0.25) is 5.91 Å². The molecule has 3 heterocycles. The third-order valence-electron chi connectivity index (χ3n) is 3.86. The second-order valence-electron chi connectivity index (χ2n) is 5.13. The Balaban J connectivity index is 1.54. The van der Waals surface area contributed by atoms with Gasteiger partial charge in [-0.15, -0.1) is 0 Å². The molecule has 2 aromatic rings. The summed E-state index contributed by atoms with van der Waals surface area (Å²) in [6.45, 7) is 4.86. The maximum Gasteiger partial charge on any atom is 0.234 e. The molecule has 2 aromatic heterocycles. The first kappa shape index (κ1) is 13.0. The lowest BCUT2D eigenvalue weighted by atomic mass is 10.1. The number of fused-ring (bicyclic) bond motifs is 1. The molecule has 1 atom stereocenters. The molecule has 0 saturated carbocycles. The van der Waals surface area contributed by atoms with E-state index >= 15 is 0 Å². The zero-order valence-electron chi connectivity index (χ0n) is 11.6. The van der Waals surface area contributed by atoms with Gasteiger partial charge in [-0.05, 0) is 31.2 Å². The minimum Gasteiger partial charge on any atom is -0.467 e. The van der Waals surface area contributed by atoms with Gasteiger partial charge in [-0.3, -0.25) is 9.69 Å². The lowest BCUT2D eigenvalue weighted by Gasteiger charge is -2.34. The first-order valence-electron chi connectivity index (χ1n) is 6.92. The summed E-state index contributed by atoms with van der Waals surface area (Å²) in [4.78, 5) is 14.2. The molecule has 106 valence electrons. The second-order valence-corrected chi connectivity index (χ2v) is 5.13. The Morgan fingerprint density at radius 2 is 2.30 bits per heavy atom. The maximum atomic E-state index is 12.0. The Labute approximate surface area is 118 Å². The van der Waals surface area contributed by atoms with Gasteiger partial charge in [0.25, 0.3) is 0 Å². The molecular weight excluding hydrogens is 254 g/mol. The van der Waals surface area contributed by atoms with E-state index in [1.807, 2.05) is 12.1 Å². The van der Waals surface area contributed by atoms with Gasteiger partial charge in [0, 0.05) is 31.0 Å². The Bertz CT molecular complexity index is 574. The quantitative estimate of drug-likeness (QED) is 0.923. The molecule has 5 nitrogen and oxygen atoms in total. The van der Waals surface area contributed by atoms with Crippen molar-refractivity contribution in [3.05, 3.63) is 48.2 Å². The van der Waals surface area contributed by atoms with Crippen LogP contribution in [0.2, 0.25) is 0 Å². The fourth-order valence-electron chi connectivity index (χ4n) is 2.68. The molecule has 1 aliphatic rings. The van der Waals surface area contributed by atoms with Gasteiger partial charge < -0.3 is 14.3 Å². The van der Waals surface area contributed by atoms with Gasteiger partial charge in [-0.2, -0.15) is 0 Å². The normalized spacial score (nSPS) is 18.8. The smallest absolute Gasteiger partial charge is 0.234 e. The van der Waals surface area contributed by atoms with E-state index in [0.717, 1.165) is 18.8 Å². The molecule has 5 heteroatoms. The van der Waals surface area contributed by atoms with Crippen LogP contribution in [0.3, 0.4) is 0 Å². The summed E-state index contributed by atoms with van der Waals surface area (Å²) >= 11 is 0. The van der Waals surface area contributed by atoms with E-state index in [-0.39, 0.29) is 11.9 Å². The van der Waals surface area contributed by atoms with Crippen molar-refractivity contribution < 1.29 is 9.21 Å². The van der Waals surface area contributed by atoms with E-state index in [1.54, 1.807) is 6.26 Å². The summed E-state index contributed by atoms with van der Waals surface area (Å²) < 4.78 is 7.45. The molecular formula is C15H19N3O2. The van der Waals surface area contributed by atoms with Gasteiger partial charge in [-0.25, -0.2) is 0 Å². The fourth-order valence-corrected chi connectivity index (χ4v) is 2.68. The summed E-state index contributed by atoms with van der Waals surface area (Å²) in [6.07, 6.45) is 3.71. The molecule has 0 fully saturated rings. The topological polar surface area (TPSA) is 50.4 Å². The van der Waals surface area contributed by atoms with Crippen molar-refractivity contribution >= 4 is 5.91 Å². The number of carbonyl (C=O) groups excluding carboxylic acids is 1. The Morgan fingerprint density at radius 3 is 3.10 bits per heavy atom. The third kappa shape index (κ3) is 2.63. The molecule has 20 heavy (non-hydrogen) atoms. The van der Waals surface area contributed by atoms with E-state index in [4.69, 9.17) is 4.42 Å². The van der Waals surface area contributed by atoms with E-state index in [9.17, 15) is 4.79 Å². The largest absolute Gasteiger partial charge is 0.467 e. The van der Waals surface area contributed by atoms with Crippen LogP contribution in [0.4, 0.5) is 0 Å². The van der Waals surface area contributed by atoms with Crippen molar-refractivity contribution in [2.75, 3.05) is 13.1 Å². The van der Waals surface area contributed by atoms with Crippen LogP contribution in [-0.4, -0.2) is 28.5 Å². The molecule has 1 N–H and O–H groups in total. The predicted molar refractivity (Wildman–Crippen MR) is 75.0 cm³/mol. The number of aromatic nitrogens is 1. The van der Waals surface area contributed by atoms with Crippen LogP contribution < -0.4 is 5.32 Å². The van der Waals surface area contributed by atoms with Crippen molar-refractivity contribution in [2.45, 2.75) is 26.1 Å².